The number of anilines is 1. The van der Waals surface area contributed by atoms with E-state index in [1.807, 2.05) is 25.2 Å². The average Bonchev–Trinajstić information content (AvgIpc) is 3.12. The van der Waals surface area contributed by atoms with E-state index in [-0.39, 0.29) is 0 Å². The van der Waals surface area contributed by atoms with Crippen LogP contribution in [0.4, 0.5) is 5.69 Å². The first-order chi connectivity index (χ1) is 8.72. The molecule has 0 aliphatic heterocycles. The third-order valence-corrected chi connectivity index (χ3v) is 3.04. The molecule has 0 bridgehead atoms. The molecule has 1 aromatic carbocycles. The van der Waals surface area contributed by atoms with Gasteiger partial charge in [0.15, 0.2) is 11.6 Å². The molecule has 1 aliphatic rings. The van der Waals surface area contributed by atoms with Crippen molar-refractivity contribution in [1.29, 1.82) is 0 Å². The summed E-state index contributed by atoms with van der Waals surface area (Å²) in [5.41, 5.74) is 6.39. The summed E-state index contributed by atoms with van der Waals surface area (Å²) in [6.07, 6.45) is 2.42. The van der Waals surface area contributed by atoms with Gasteiger partial charge in [-0.25, -0.2) is 9.67 Å². The lowest BCUT2D eigenvalue weighted by atomic mass is 10.3. The molecular weight excluding hydrogens is 228 g/mol. The van der Waals surface area contributed by atoms with Gasteiger partial charge in [0.2, 0.25) is 0 Å². The van der Waals surface area contributed by atoms with Crippen molar-refractivity contribution in [2.24, 2.45) is 7.05 Å². The lowest BCUT2D eigenvalue weighted by Crippen LogP contribution is -2.04. The Kier molecular flexibility index (Phi) is 2.66. The van der Waals surface area contributed by atoms with Crippen LogP contribution in [0.5, 0.6) is 5.75 Å². The van der Waals surface area contributed by atoms with Crippen molar-refractivity contribution in [3.8, 4) is 5.75 Å². The van der Waals surface area contributed by atoms with Gasteiger partial charge in [0.1, 0.15) is 12.4 Å². The van der Waals surface area contributed by atoms with Gasteiger partial charge in [-0.05, 0) is 25.0 Å². The Morgan fingerprint density at radius 1 is 1.44 bits per heavy atom. The highest BCUT2D eigenvalue weighted by Gasteiger charge is 2.28. The van der Waals surface area contributed by atoms with Crippen LogP contribution >= 0.6 is 0 Å². The molecule has 0 unspecified atom stereocenters. The zero-order valence-corrected chi connectivity index (χ0v) is 10.3. The zero-order chi connectivity index (χ0) is 12.5. The maximum absolute atomic E-state index is 5.70. The summed E-state index contributed by atoms with van der Waals surface area (Å²) in [7, 11) is 1.90. The standard InChI is InChI=1S/C13H16N4O/c1-17-12(15-13(16-17)9-5-6-9)8-18-11-4-2-3-10(14)7-11/h2-4,7,9H,5-6,8,14H2,1H3. The minimum absolute atomic E-state index is 0.416. The largest absolute Gasteiger partial charge is 0.486 e. The van der Waals surface area contributed by atoms with Gasteiger partial charge in [0.05, 0.1) is 0 Å². The molecular formula is C13H16N4O. The van der Waals surface area contributed by atoms with E-state index in [2.05, 4.69) is 10.1 Å². The molecule has 1 saturated carbocycles. The third-order valence-electron chi connectivity index (χ3n) is 3.04. The molecule has 1 heterocycles. The minimum Gasteiger partial charge on any atom is -0.486 e. The van der Waals surface area contributed by atoms with Crippen molar-refractivity contribution in [1.82, 2.24) is 14.8 Å². The van der Waals surface area contributed by atoms with Gasteiger partial charge in [-0.15, -0.1) is 0 Å². The number of aromatic nitrogens is 3. The highest BCUT2D eigenvalue weighted by Crippen LogP contribution is 2.38. The molecule has 1 aromatic heterocycles. The van der Waals surface area contributed by atoms with Crippen LogP contribution in [-0.2, 0) is 13.7 Å². The molecule has 3 rings (SSSR count). The van der Waals surface area contributed by atoms with Crippen LogP contribution in [0.25, 0.3) is 0 Å². The van der Waals surface area contributed by atoms with E-state index in [1.165, 1.54) is 12.8 Å². The summed E-state index contributed by atoms with van der Waals surface area (Å²) in [5, 5.41) is 4.40. The van der Waals surface area contributed by atoms with E-state index in [1.54, 1.807) is 10.7 Å². The summed E-state index contributed by atoms with van der Waals surface area (Å²) >= 11 is 0. The van der Waals surface area contributed by atoms with Crippen LogP contribution < -0.4 is 10.5 Å². The highest BCUT2D eigenvalue weighted by atomic mass is 16.5. The molecule has 2 aromatic rings. The maximum atomic E-state index is 5.70. The summed E-state index contributed by atoms with van der Waals surface area (Å²) in [5.74, 6) is 3.12. The summed E-state index contributed by atoms with van der Waals surface area (Å²) < 4.78 is 7.46. The van der Waals surface area contributed by atoms with Crippen molar-refractivity contribution in [2.75, 3.05) is 5.73 Å². The normalized spacial score (nSPS) is 14.7. The lowest BCUT2D eigenvalue weighted by molar-refractivity contribution is 0.290. The zero-order valence-electron chi connectivity index (χ0n) is 10.3. The fourth-order valence-corrected chi connectivity index (χ4v) is 1.83. The van der Waals surface area contributed by atoms with Gasteiger partial charge in [0.25, 0.3) is 0 Å². The maximum Gasteiger partial charge on any atom is 0.164 e. The van der Waals surface area contributed by atoms with Gasteiger partial charge < -0.3 is 10.5 Å². The van der Waals surface area contributed by atoms with Gasteiger partial charge >= 0.3 is 0 Å². The van der Waals surface area contributed by atoms with Crippen LogP contribution in [0.1, 0.15) is 30.4 Å². The second kappa shape index (κ2) is 4.33. The van der Waals surface area contributed by atoms with Crippen LogP contribution in [0.2, 0.25) is 0 Å². The number of hydrogen-bond donors (Lipinski definition) is 1. The summed E-state index contributed by atoms with van der Waals surface area (Å²) in [4.78, 5) is 4.50. The van der Waals surface area contributed by atoms with E-state index in [4.69, 9.17) is 10.5 Å². The molecule has 1 fully saturated rings. The minimum atomic E-state index is 0.416. The van der Waals surface area contributed by atoms with E-state index >= 15 is 0 Å². The number of nitrogens with two attached hydrogens (primary N) is 1. The SMILES string of the molecule is Cn1nc(C2CC2)nc1COc1cccc(N)c1. The predicted molar refractivity (Wildman–Crippen MR) is 68.2 cm³/mol. The smallest absolute Gasteiger partial charge is 0.164 e. The molecule has 0 amide bonds. The van der Waals surface area contributed by atoms with E-state index in [0.717, 1.165) is 17.4 Å². The molecule has 0 radical (unpaired) electrons. The molecule has 5 heteroatoms. The first kappa shape index (κ1) is 11.1. The Bertz CT molecular complexity index is 560. The number of hydrogen-bond acceptors (Lipinski definition) is 4. The third kappa shape index (κ3) is 2.30. The van der Waals surface area contributed by atoms with Gasteiger partial charge in [-0.3, -0.25) is 0 Å². The summed E-state index contributed by atoms with van der Waals surface area (Å²) in [6.45, 7) is 0.416. The Labute approximate surface area is 106 Å². The first-order valence-electron chi connectivity index (χ1n) is 6.10. The summed E-state index contributed by atoms with van der Waals surface area (Å²) in [6, 6.07) is 7.39. The van der Waals surface area contributed by atoms with Gasteiger partial charge in [-0.2, -0.15) is 5.10 Å². The highest BCUT2D eigenvalue weighted by molar-refractivity contribution is 5.43. The number of aryl methyl sites for hydroxylation is 1. The molecule has 0 saturated heterocycles. The Hall–Kier alpha value is -2.04. The van der Waals surface area contributed by atoms with Crippen LogP contribution in [0.15, 0.2) is 24.3 Å². The van der Waals surface area contributed by atoms with Gasteiger partial charge in [-0.1, -0.05) is 6.07 Å². The molecule has 1 aliphatic carbocycles. The van der Waals surface area contributed by atoms with Crippen molar-refractivity contribution in [3.05, 3.63) is 35.9 Å². The Morgan fingerprint density at radius 3 is 3.00 bits per heavy atom. The van der Waals surface area contributed by atoms with Crippen molar-refractivity contribution in [3.63, 3.8) is 0 Å². The molecule has 5 nitrogen and oxygen atoms in total. The Morgan fingerprint density at radius 2 is 2.28 bits per heavy atom. The number of nitrogens with zero attached hydrogens (tertiary/aromatic N) is 3. The van der Waals surface area contributed by atoms with Crippen LogP contribution in [0.3, 0.4) is 0 Å². The van der Waals surface area contributed by atoms with E-state index in [9.17, 15) is 0 Å². The number of benzene rings is 1. The van der Waals surface area contributed by atoms with E-state index in [0.29, 0.717) is 18.2 Å². The fraction of sp³-hybridized carbons (Fsp3) is 0.385. The molecule has 94 valence electrons. The topological polar surface area (TPSA) is 66.0 Å². The number of ether oxygens (including phenoxy) is 1. The molecule has 0 atom stereocenters. The van der Waals surface area contributed by atoms with Crippen molar-refractivity contribution < 1.29 is 4.74 Å². The molecule has 18 heavy (non-hydrogen) atoms. The monoisotopic (exact) mass is 244 g/mol. The Balaban J connectivity index is 1.69. The lowest BCUT2D eigenvalue weighted by Gasteiger charge is -2.05. The van der Waals surface area contributed by atoms with Crippen LogP contribution in [0, 0.1) is 0 Å². The number of nitrogen functional groups attached to an aromatic ring is 1. The molecule has 0 spiro atoms. The first-order valence-corrected chi connectivity index (χ1v) is 6.10. The predicted octanol–water partition coefficient (Wildman–Crippen LogP) is 1.85. The van der Waals surface area contributed by atoms with Crippen LogP contribution in [-0.4, -0.2) is 14.8 Å². The van der Waals surface area contributed by atoms with Crippen molar-refractivity contribution in [2.45, 2.75) is 25.4 Å². The van der Waals surface area contributed by atoms with Gasteiger partial charge in [0, 0.05) is 24.7 Å². The van der Waals surface area contributed by atoms with Crippen molar-refractivity contribution >= 4 is 5.69 Å². The number of rotatable bonds is 4. The quantitative estimate of drug-likeness (QED) is 0.833. The second-order valence-corrected chi connectivity index (χ2v) is 4.65. The molecule has 2 N–H and O–H groups in total. The average molecular weight is 244 g/mol. The van der Waals surface area contributed by atoms with E-state index < -0.39 is 0 Å². The second-order valence-electron chi connectivity index (χ2n) is 4.65. The fourth-order valence-electron chi connectivity index (χ4n) is 1.83.